The second-order valence-electron chi connectivity index (χ2n) is 6.10. The van der Waals surface area contributed by atoms with E-state index >= 15 is 0 Å². The van der Waals surface area contributed by atoms with Gasteiger partial charge in [0.05, 0.1) is 22.5 Å². The fourth-order valence-corrected chi connectivity index (χ4v) is 5.53. The van der Waals surface area contributed by atoms with Gasteiger partial charge in [-0.25, -0.2) is 14.8 Å². The Balaban J connectivity index is 1.79. The molecule has 27 heavy (non-hydrogen) atoms. The molecule has 0 atom stereocenters. The number of nitro benzene ring substituents is 1. The van der Waals surface area contributed by atoms with Gasteiger partial charge in [-0.2, -0.15) is 0 Å². The molecule has 0 unspecified atom stereocenters. The summed E-state index contributed by atoms with van der Waals surface area (Å²) in [4.78, 5) is 34.2. The highest BCUT2D eigenvalue weighted by atomic mass is 32.2. The predicted molar refractivity (Wildman–Crippen MR) is 103 cm³/mol. The highest BCUT2D eigenvalue weighted by molar-refractivity contribution is 7.99. The Morgan fingerprint density at radius 2 is 2.11 bits per heavy atom. The van der Waals surface area contributed by atoms with Crippen LogP contribution in [0.4, 0.5) is 5.69 Å². The fourth-order valence-electron chi connectivity index (χ4n) is 3.23. The van der Waals surface area contributed by atoms with Crippen LogP contribution in [0.2, 0.25) is 0 Å². The maximum absolute atomic E-state index is 11.7. The summed E-state index contributed by atoms with van der Waals surface area (Å²) in [6, 6.07) is 4.35. The molecule has 0 saturated heterocycles. The van der Waals surface area contributed by atoms with E-state index in [0.29, 0.717) is 9.92 Å². The molecule has 9 heteroatoms. The van der Waals surface area contributed by atoms with E-state index in [1.165, 1.54) is 54.2 Å². The summed E-state index contributed by atoms with van der Waals surface area (Å²) in [5.74, 6) is -0.606. The van der Waals surface area contributed by atoms with Crippen LogP contribution in [0.15, 0.2) is 34.4 Å². The second kappa shape index (κ2) is 7.24. The fraction of sp³-hybridized carbons (Fsp3) is 0.278. The first-order valence-corrected chi connectivity index (χ1v) is 10.0. The minimum absolute atomic E-state index is 0.140. The standard InChI is InChI=1S/C18H15N3O4S2/c1-25-18(22)10-6-7-14(12(8-10)21(23)24)27-17-15-11-4-2-3-5-13(11)26-16(15)19-9-20-17/h6-9H,2-5H2,1H3. The van der Waals surface area contributed by atoms with Crippen LogP contribution in [0.1, 0.15) is 33.6 Å². The average molecular weight is 401 g/mol. The van der Waals surface area contributed by atoms with Gasteiger partial charge < -0.3 is 4.74 Å². The molecule has 1 aliphatic rings. The van der Waals surface area contributed by atoms with Crippen molar-refractivity contribution >= 4 is 45.0 Å². The summed E-state index contributed by atoms with van der Waals surface area (Å²) in [7, 11) is 1.24. The minimum atomic E-state index is -0.606. The Morgan fingerprint density at radius 3 is 2.89 bits per heavy atom. The first-order chi connectivity index (χ1) is 13.1. The van der Waals surface area contributed by atoms with Crippen LogP contribution < -0.4 is 0 Å². The van der Waals surface area contributed by atoms with E-state index in [-0.39, 0.29) is 11.3 Å². The third kappa shape index (κ3) is 3.28. The quantitative estimate of drug-likeness (QED) is 0.276. The number of carbonyl (C=O) groups is 1. The number of nitrogens with zero attached hydrogens (tertiary/aromatic N) is 3. The Morgan fingerprint density at radius 1 is 1.30 bits per heavy atom. The van der Waals surface area contributed by atoms with Crippen LogP contribution in [-0.4, -0.2) is 28.0 Å². The van der Waals surface area contributed by atoms with Crippen molar-refractivity contribution in [3.63, 3.8) is 0 Å². The number of fused-ring (bicyclic) bond motifs is 3. The number of esters is 1. The molecule has 0 aliphatic heterocycles. The zero-order chi connectivity index (χ0) is 19.0. The summed E-state index contributed by atoms with van der Waals surface area (Å²) in [6.07, 6.45) is 5.84. The molecule has 7 nitrogen and oxygen atoms in total. The van der Waals surface area contributed by atoms with Crippen molar-refractivity contribution in [3.05, 3.63) is 50.6 Å². The molecule has 2 aromatic heterocycles. The molecule has 0 spiro atoms. The molecule has 2 heterocycles. The van der Waals surface area contributed by atoms with E-state index in [4.69, 9.17) is 0 Å². The Kier molecular flexibility index (Phi) is 4.79. The average Bonchev–Trinajstić information content (AvgIpc) is 3.07. The zero-order valence-electron chi connectivity index (χ0n) is 14.4. The van der Waals surface area contributed by atoms with Gasteiger partial charge in [0.25, 0.3) is 5.69 Å². The number of carbonyl (C=O) groups excluding carboxylic acids is 1. The highest BCUT2D eigenvalue weighted by Crippen LogP contribution is 2.43. The third-order valence-electron chi connectivity index (χ3n) is 4.50. The van der Waals surface area contributed by atoms with Crippen molar-refractivity contribution in [2.45, 2.75) is 35.6 Å². The Labute approximate surface area is 162 Å². The maximum atomic E-state index is 11.7. The second-order valence-corrected chi connectivity index (χ2v) is 8.22. The summed E-state index contributed by atoms with van der Waals surface area (Å²) in [5.41, 5.74) is 1.28. The van der Waals surface area contributed by atoms with Gasteiger partial charge in [0.15, 0.2) is 0 Å². The zero-order valence-corrected chi connectivity index (χ0v) is 16.1. The minimum Gasteiger partial charge on any atom is -0.465 e. The molecule has 4 rings (SSSR count). The molecule has 0 amide bonds. The van der Waals surface area contributed by atoms with Crippen molar-refractivity contribution in [1.82, 2.24) is 9.97 Å². The number of aromatic nitrogens is 2. The number of methoxy groups -OCH3 is 1. The van der Waals surface area contributed by atoms with Gasteiger partial charge in [0.2, 0.25) is 0 Å². The van der Waals surface area contributed by atoms with E-state index in [2.05, 4.69) is 14.7 Å². The van der Waals surface area contributed by atoms with E-state index < -0.39 is 10.9 Å². The highest BCUT2D eigenvalue weighted by Gasteiger charge is 2.23. The smallest absolute Gasteiger partial charge is 0.338 e. The van der Waals surface area contributed by atoms with Gasteiger partial charge in [0, 0.05) is 16.3 Å². The Bertz CT molecular complexity index is 1060. The molecular weight excluding hydrogens is 386 g/mol. The molecule has 1 aromatic carbocycles. The van der Waals surface area contributed by atoms with Crippen LogP contribution in [0.25, 0.3) is 10.2 Å². The monoisotopic (exact) mass is 401 g/mol. The number of hydrogen-bond acceptors (Lipinski definition) is 8. The van der Waals surface area contributed by atoms with Gasteiger partial charge >= 0.3 is 5.97 Å². The van der Waals surface area contributed by atoms with Crippen molar-refractivity contribution in [3.8, 4) is 0 Å². The third-order valence-corrected chi connectivity index (χ3v) is 6.77. The molecule has 0 saturated carbocycles. The van der Waals surface area contributed by atoms with Crippen molar-refractivity contribution in [2.75, 3.05) is 7.11 Å². The molecule has 0 fully saturated rings. The van der Waals surface area contributed by atoms with Gasteiger partial charge in [-0.3, -0.25) is 10.1 Å². The molecular formula is C18H15N3O4S2. The van der Waals surface area contributed by atoms with Crippen LogP contribution in [0.5, 0.6) is 0 Å². The van der Waals surface area contributed by atoms with E-state index in [9.17, 15) is 14.9 Å². The van der Waals surface area contributed by atoms with E-state index in [0.717, 1.165) is 29.5 Å². The van der Waals surface area contributed by atoms with E-state index in [1.807, 2.05) is 0 Å². The van der Waals surface area contributed by atoms with Crippen LogP contribution in [0, 0.1) is 10.1 Å². The largest absolute Gasteiger partial charge is 0.465 e. The van der Waals surface area contributed by atoms with Gasteiger partial charge in [-0.15, -0.1) is 11.3 Å². The lowest BCUT2D eigenvalue weighted by Gasteiger charge is -2.11. The van der Waals surface area contributed by atoms with Gasteiger partial charge in [-0.05, 0) is 43.4 Å². The number of thiophene rings is 1. The Hall–Kier alpha value is -2.52. The predicted octanol–water partition coefficient (Wildman–Crippen LogP) is 4.42. The van der Waals surface area contributed by atoms with Crippen LogP contribution >= 0.6 is 23.1 Å². The first-order valence-electron chi connectivity index (χ1n) is 8.38. The maximum Gasteiger partial charge on any atom is 0.338 e. The molecule has 3 aromatic rings. The number of aryl methyl sites for hydroxylation is 2. The molecule has 1 aliphatic carbocycles. The van der Waals surface area contributed by atoms with Crippen molar-refractivity contribution in [2.24, 2.45) is 0 Å². The number of nitro groups is 1. The van der Waals surface area contributed by atoms with Gasteiger partial charge in [-0.1, -0.05) is 11.8 Å². The van der Waals surface area contributed by atoms with E-state index in [1.54, 1.807) is 17.4 Å². The lowest BCUT2D eigenvalue weighted by molar-refractivity contribution is -0.387. The summed E-state index contributed by atoms with van der Waals surface area (Å²) in [5, 5.41) is 13.3. The molecule has 0 bridgehead atoms. The molecule has 0 N–H and O–H groups in total. The lowest BCUT2D eigenvalue weighted by Crippen LogP contribution is -2.03. The number of rotatable bonds is 4. The summed E-state index contributed by atoms with van der Waals surface area (Å²) in [6.45, 7) is 0. The topological polar surface area (TPSA) is 95.2 Å². The number of ether oxygens (including phenoxy) is 1. The van der Waals surface area contributed by atoms with Crippen LogP contribution in [0.3, 0.4) is 0 Å². The lowest BCUT2D eigenvalue weighted by atomic mass is 9.97. The molecule has 138 valence electrons. The molecule has 0 radical (unpaired) electrons. The summed E-state index contributed by atoms with van der Waals surface area (Å²) < 4.78 is 4.65. The first kappa shape index (κ1) is 17.9. The van der Waals surface area contributed by atoms with Crippen molar-refractivity contribution in [1.29, 1.82) is 0 Å². The number of benzene rings is 1. The van der Waals surface area contributed by atoms with Crippen molar-refractivity contribution < 1.29 is 14.5 Å². The van der Waals surface area contributed by atoms with Gasteiger partial charge in [0.1, 0.15) is 16.2 Å². The normalized spacial score (nSPS) is 13.4. The SMILES string of the molecule is COC(=O)c1ccc(Sc2ncnc3sc4c(c23)CCCC4)c([N+](=O)[O-])c1. The van der Waals surface area contributed by atoms with Crippen LogP contribution in [-0.2, 0) is 17.6 Å². The summed E-state index contributed by atoms with van der Waals surface area (Å²) >= 11 is 2.92. The number of hydrogen-bond donors (Lipinski definition) is 0.